The van der Waals surface area contributed by atoms with E-state index in [1.165, 1.54) is 0 Å². The summed E-state index contributed by atoms with van der Waals surface area (Å²) < 4.78 is 10.3. The Morgan fingerprint density at radius 2 is 2.00 bits per heavy atom. The summed E-state index contributed by atoms with van der Waals surface area (Å²) in [6, 6.07) is 7.65. The monoisotopic (exact) mass is 225 g/mol. The molecule has 0 heterocycles. The molecule has 1 aromatic carbocycles. The van der Waals surface area contributed by atoms with Crippen molar-refractivity contribution in [2.75, 3.05) is 19.5 Å². The smallest absolute Gasteiger partial charge is 0.176 e. The van der Waals surface area contributed by atoms with E-state index >= 15 is 0 Å². The van der Waals surface area contributed by atoms with Gasteiger partial charge in [0.2, 0.25) is 0 Å². The summed E-state index contributed by atoms with van der Waals surface area (Å²) in [5, 5.41) is 12.3. The summed E-state index contributed by atoms with van der Waals surface area (Å²) in [4.78, 5) is 0. The molecular weight excluding hydrogens is 206 g/mol. The Hall–Kier alpha value is -1.10. The van der Waals surface area contributed by atoms with Crippen molar-refractivity contribution < 1.29 is 14.6 Å². The minimum atomic E-state index is -0.294. The van der Waals surface area contributed by atoms with E-state index in [0.717, 1.165) is 11.3 Å². The van der Waals surface area contributed by atoms with Crippen molar-refractivity contribution in [1.82, 2.24) is 0 Å². The lowest BCUT2D eigenvalue weighted by molar-refractivity contribution is -0.109. The molecule has 0 amide bonds. The van der Waals surface area contributed by atoms with Crippen LogP contribution in [0, 0.1) is 0 Å². The molecule has 0 saturated carbocycles. The first-order chi connectivity index (χ1) is 7.71. The Labute approximate surface area is 96.2 Å². The third-order valence-electron chi connectivity index (χ3n) is 2.38. The first-order valence-corrected chi connectivity index (χ1v) is 5.23. The fraction of sp³-hybridized carbons (Fsp3) is 0.500. The average Bonchev–Trinajstić information content (AvgIpc) is 2.31. The Bertz CT molecular complexity index is 313. The van der Waals surface area contributed by atoms with Gasteiger partial charge in [-0.05, 0) is 24.6 Å². The van der Waals surface area contributed by atoms with Gasteiger partial charge >= 0.3 is 0 Å². The minimum Gasteiger partial charge on any atom is -0.392 e. The van der Waals surface area contributed by atoms with Crippen LogP contribution in [0.2, 0.25) is 0 Å². The maximum absolute atomic E-state index is 9.02. The van der Waals surface area contributed by atoms with E-state index < -0.39 is 0 Å². The van der Waals surface area contributed by atoms with Gasteiger partial charge in [0.1, 0.15) is 0 Å². The topological polar surface area (TPSA) is 50.7 Å². The lowest BCUT2D eigenvalue weighted by atomic mass is 10.2. The van der Waals surface area contributed by atoms with E-state index in [9.17, 15) is 0 Å². The highest BCUT2D eigenvalue weighted by molar-refractivity contribution is 5.46. The second-order valence-electron chi connectivity index (χ2n) is 3.63. The van der Waals surface area contributed by atoms with Crippen molar-refractivity contribution in [2.45, 2.75) is 25.9 Å². The molecule has 1 atom stereocenters. The zero-order chi connectivity index (χ0) is 12.0. The van der Waals surface area contributed by atoms with Crippen molar-refractivity contribution in [3.8, 4) is 0 Å². The molecule has 4 nitrogen and oxygen atoms in total. The van der Waals surface area contributed by atoms with Crippen LogP contribution in [0.4, 0.5) is 5.69 Å². The SMILES string of the molecule is COC(OC)C(C)Nc1cccc(CO)c1. The number of rotatable bonds is 6. The predicted molar refractivity (Wildman–Crippen MR) is 63.3 cm³/mol. The maximum atomic E-state index is 9.02. The summed E-state index contributed by atoms with van der Waals surface area (Å²) in [7, 11) is 3.22. The second-order valence-corrected chi connectivity index (χ2v) is 3.63. The Morgan fingerprint density at radius 1 is 1.31 bits per heavy atom. The second kappa shape index (κ2) is 6.48. The fourth-order valence-electron chi connectivity index (χ4n) is 1.59. The summed E-state index contributed by atoms with van der Waals surface area (Å²) in [5.74, 6) is 0. The molecule has 0 aromatic heterocycles. The highest BCUT2D eigenvalue weighted by Gasteiger charge is 2.15. The van der Waals surface area contributed by atoms with Gasteiger partial charge in [0.05, 0.1) is 12.6 Å². The molecule has 2 N–H and O–H groups in total. The number of methoxy groups -OCH3 is 2. The molecule has 1 unspecified atom stereocenters. The molecule has 4 heteroatoms. The summed E-state index contributed by atoms with van der Waals surface area (Å²) >= 11 is 0. The molecule has 0 saturated heterocycles. The third-order valence-corrected chi connectivity index (χ3v) is 2.38. The van der Waals surface area contributed by atoms with Gasteiger partial charge in [-0.3, -0.25) is 0 Å². The predicted octanol–water partition coefficient (Wildman–Crippen LogP) is 1.60. The highest BCUT2D eigenvalue weighted by atomic mass is 16.7. The van der Waals surface area contributed by atoms with Gasteiger partial charge in [0.25, 0.3) is 0 Å². The van der Waals surface area contributed by atoms with Gasteiger partial charge in [-0.25, -0.2) is 0 Å². The van der Waals surface area contributed by atoms with Crippen LogP contribution in [0.15, 0.2) is 24.3 Å². The quantitative estimate of drug-likeness (QED) is 0.722. The first-order valence-electron chi connectivity index (χ1n) is 5.23. The molecule has 1 aromatic rings. The van der Waals surface area contributed by atoms with Crippen LogP contribution < -0.4 is 5.32 Å². The van der Waals surface area contributed by atoms with Crippen LogP contribution in [0.3, 0.4) is 0 Å². The Kier molecular flexibility index (Phi) is 5.25. The summed E-state index contributed by atoms with van der Waals surface area (Å²) in [6.07, 6.45) is -0.294. The zero-order valence-corrected chi connectivity index (χ0v) is 9.93. The summed E-state index contributed by atoms with van der Waals surface area (Å²) in [6.45, 7) is 2.02. The van der Waals surface area contributed by atoms with Crippen LogP contribution >= 0.6 is 0 Å². The average molecular weight is 225 g/mol. The van der Waals surface area contributed by atoms with Crippen molar-refractivity contribution in [3.63, 3.8) is 0 Å². The van der Waals surface area contributed by atoms with Gasteiger partial charge in [-0.2, -0.15) is 0 Å². The molecule has 1 rings (SSSR count). The summed E-state index contributed by atoms with van der Waals surface area (Å²) in [5.41, 5.74) is 1.82. The van der Waals surface area contributed by atoms with E-state index in [1.54, 1.807) is 14.2 Å². The molecule has 0 bridgehead atoms. The molecule has 0 aliphatic rings. The zero-order valence-electron chi connectivity index (χ0n) is 9.93. The number of nitrogens with one attached hydrogen (secondary N) is 1. The third kappa shape index (κ3) is 3.48. The van der Waals surface area contributed by atoms with E-state index in [-0.39, 0.29) is 18.9 Å². The normalized spacial score (nSPS) is 12.8. The van der Waals surface area contributed by atoms with Crippen molar-refractivity contribution in [2.24, 2.45) is 0 Å². The lowest BCUT2D eigenvalue weighted by Crippen LogP contribution is -2.33. The number of hydrogen-bond acceptors (Lipinski definition) is 4. The van der Waals surface area contributed by atoms with Crippen LogP contribution in [0.5, 0.6) is 0 Å². The molecule has 16 heavy (non-hydrogen) atoms. The number of hydrogen-bond donors (Lipinski definition) is 2. The molecule has 90 valence electrons. The number of aliphatic hydroxyl groups is 1. The van der Waals surface area contributed by atoms with Crippen LogP contribution in [-0.4, -0.2) is 31.7 Å². The van der Waals surface area contributed by atoms with Crippen LogP contribution in [-0.2, 0) is 16.1 Å². The van der Waals surface area contributed by atoms with E-state index in [1.807, 2.05) is 31.2 Å². The fourth-order valence-corrected chi connectivity index (χ4v) is 1.59. The van der Waals surface area contributed by atoms with Gasteiger partial charge in [-0.15, -0.1) is 0 Å². The molecule has 0 radical (unpaired) electrons. The molecule has 0 fully saturated rings. The van der Waals surface area contributed by atoms with Crippen molar-refractivity contribution in [1.29, 1.82) is 0 Å². The highest BCUT2D eigenvalue weighted by Crippen LogP contribution is 2.13. The van der Waals surface area contributed by atoms with Crippen LogP contribution in [0.1, 0.15) is 12.5 Å². The van der Waals surface area contributed by atoms with Gasteiger partial charge < -0.3 is 19.9 Å². The molecular formula is C12H19NO3. The van der Waals surface area contributed by atoms with E-state index in [4.69, 9.17) is 14.6 Å². The number of aliphatic hydroxyl groups excluding tert-OH is 1. The largest absolute Gasteiger partial charge is 0.392 e. The lowest BCUT2D eigenvalue weighted by Gasteiger charge is -2.23. The van der Waals surface area contributed by atoms with Gasteiger partial charge in [0, 0.05) is 19.9 Å². The standard InChI is InChI=1S/C12H19NO3/c1-9(12(15-2)16-3)13-11-6-4-5-10(7-11)8-14/h4-7,9,12-14H,8H2,1-3H3. The molecule has 0 aliphatic carbocycles. The van der Waals surface area contributed by atoms with Crippen LogP contribution in [0.25, 0.3) is 0 Å². The van der Waals surface area contributed by atoms with Crippen molar-refractivity contribution in [3.05, 3.63) is 29.8 Å². The number of benzene rings is 1. The Balaban J connectivity index is 2.64. The van der Waals surface area contributed by atoms with E-state index in [0.29, 0.717) is 0 Å². The van der Waals surface area contributed by atoms with Gasteiger partial charge in [-0.1, -0.05) is 12.1 Å². The molecule has 0 spiro atoms. The maximum Gasteiger partial charge on any atom is 0.176 e. The first kappa shape index (κ1) is 13.0. The van der Waals surface area contributed by atoms with E-state index in [2.05, 4.69) is 5.32 Å². The minimum absolute atomic E-state index is 0.0314. The Morgan fingerprint density at radius 3 is 2.56 bits per heavy atom. The van der Waals surface area contributed by atoms with Gasteiger partial charge in [0.15, 0.2) is 6.29 Å². The number of anilines is 1. The van der Waals surface area contributed by atoms with Crippen molar-refractivity contribution >= 4 is 5.69 Å². The molecule has 0 aliphatic heterocycles. The number of ether oxygens (including phenoxy) is 2.